The van der Waals surface area contributed by atoms with E-state index in [4.69, 9.17) is 9.73 Å². The van der Waals surface area contributed by atoms with Gasteiger partial charge in [0, 0.05) is 10.0 Å². The van der Waals surface area contributed by atoms with Crippen LogP contribution in [0.4, 0.5) is 5.69 Å². The first kappa shape index (κ1) is 25.1. The van der Waals surface area contributed by atoms with Crippen molar-refractivity contribution in [2.24, 2.45) is 4.99 Å². The van der Waals surface area contributed by atoms with Crippen LogP contribution in [-0.2, 0) is 17.9 Å². The first-order chi connectivity index (χ1) is 18.0. The maximum Gasteiger partial charge on any atom is 0.267 e. The van der Waals surface area contributed by atoms with Crippen molar-refractivity contribution in [3.63, 3.8) is 0 Å². The number of amidine groups is 1. The van der Waals surface area contributed by atoms with Crippen LogP contribution < -0.4 is 4.74 Å². The number of hydrogen-bond acceptors (Lipinski definition) is 4. The molecule has 1 aliphatic rings. The molecule has 0 aliphatic carbocycles. The summed E-state index contributed by atoms with van der Waals surface area (Å²) in [6.07, 6.45) is 1.90. The number of carbonyl (C=O) groups excluding carboxylic acids is 1. The summed E-state index contributed by atoms with van der Waals surface area (Å²) in [4.78, 5) is 20.8. The lowest BCUT2D eigenvalue weighted by Crippen LogP contribution is -2.28. The first-order valence-corrected chi connectivity index (χ1v) is 13.5. The number of para-hydroxylation sites is 1. The highest BCUT2D eigenvalue weighted by atomic mass is 79.9. The first-order valence-electron chi connectivity index (χ1n) is 11.9. The van der Waals surface area contributed by atoms with E-state index in [0.717, 1.165) is 32.6 Å². The van der Waals surface area contributed by atoms with Crippen molar-refractivity contribution in [1.29, 1.82) is 0 Å². The average Bonchev–Trinajstić information content (AvgIpc) is 3.20. The predicted octanol–water partition coefficient (Wildman–Crippen LogP) is 8.14. The number of rotatable bonds is 7. The van der Waals surface area contributed by atoms with E-state index >= 15 is 0 Å². The lowest BCUT2D eigenvalue weighted by molar-refractivity contribution is -0.122. The largest absolute Gasteiger partial charge is 0.488 e. The zero-order valence-corrected chi connectivity index (χ0v) is 22.7. The molecule has 184 valence electrons. The molecule has 1 heterocycles. The fourth-order valence-corrected chi connectivity index (χ4v) is 5.09. The monoisotopic (exact) mass is 568 g/mol. The highest BCUT2D eigenvalue weighted by molar-refractivity contribution is 9.10. The zero-order valence-electron chi connectivity index (χ0n) is 20.3. The Morgan fingerprint density at radius 1 is 0.865 bits per heavy atom. The Hall–Kier alpha value is -3.61. The van der Waals surface area contributed by atoms with Gasteiger partial charge in [0.05, 0.1) is 17.1 Å². The van der Waals surface area contributed by atoms with Gasteiger partial charge in [0.2, 0.25) is 0 Å². The molecule has 1 amide bonds. The van der Waals surface area contributed by atoms with Crippen LogP contribution >= 0.6 is 27.7 Å². The minimum atomic E-state index is -0.0672. The van der Waals surface area contributed by atoms with Gasteiger partial charge in [0.1, 0.15) is 12.4 Å². The number of amides is 1. The van der Waals surface area contributed by atoms with Crippen molar-refractivity contribution >= 4 is 50.5 Å². The van der Waals surface area contributed by atoms with Crippen LogP contribution in [0.1, 0.15) is 22.3 Å². The molecule has 4 aromatic carbocycles. The quantitative estimate of drug-likeness (QED) is 0.211. The number of carbonyl (C=O) groups is 1. The van der Waals surface area contributed by atoms with Gasteiger partial charge in [-0.3, -0.25) is 9.69 Å². The third-order valence-corrected chi connectivity index (χ3v) is 7.38. The molecule has 0 saturated carbocycles. The van der Waals surface area contributed by atoms with E-state index in [1.807, 2.05) is 116 Å². The van der Waals surface area contributed by atoms with Crippen molar-refractivity contribution in [1.82, 2.24) is 4.90 Å². The van der Waals surface area contributed by atoms with E-state index in [-0.39, 0.29) is 5.91 Å². The van der Waals surface area contributed by atoms with E-state index in [9.17, 15) is 4.79 Å². The zero-order chi connectivity index (χ0) is 25.6. The second-order valence-corrected chi connectivity index (χ2v) is 10.6. The van der Waals surface area contributed by atoms with E-state index in [2.05, 4.69) is 15.9 Å². The van der Waals surface area contributed by atoms with Gasteiger partial charge in [-0.1, -0.05) is 94.3 Å². The molecule has 0 unspecified atom stereocenters. The van der Waals surface area contributed by atoms with E-state index in [1.54, 1.807) is 4.90 Å². The number of thioether (sulfide) groups is 1. The summed E-state index contributed by atoms with van der Waals surface area (Å²) in [5.41, 5.74) is 4.96. The van der Waals surface area contributed by atoms with Crippen LogP contribution in [0.3, 0.4) is 0 Å². The molecular formula is C31H25BrN2O2S. The molecule has 0 spiro atoms. The minimum absolute atomic E-state index is 0.0672. The summed E-state index contributed by atoms with van der Waals surface area (Å²) < 4.78 is 7.17. The third-order valence-electron chi connectivity index (χ3n) is 5.84. The van der Waals surface area contributed by atoms with Crippen molar-refractivity contribution in [2.45, 2.75) is 20.1 Å². The topological polar surface area (TPSA) is 41.9 Å². The normalized spacial score (nSPS) is 15.5. The Morgan fingerprint density at radius 2 is 1.57 bits per heavy atom. The summed E-state index contributed by atoms with van der Waals surface area (Å²) in [6, 6.07) is 33.8. The average molecular weight is 570 g/mol. The van der Waals surface area contributed by atoms with E-state index in [1.165, 1.54) is 17.3 Å². The molecule has 0 bridgehead atoms. The minimum Gasteiger partial charge on any atom is -0.488 e. The maximum atomic E-state index is 13.6. The summed E-state index contributed by atoms with van der Waals surface area (Å²) in [5.74, 6) is 0.660. The summed E-state index contributed by atoms with van der Waals surface area (Å²) in [5, 5.41) is 0.664. The van der Waals surface area contributed by atoms with Crippen LogP contribution in [0.25, 0.3) is 6.08 Å². The van der Waals surface area contributed by atoms with Gasteiger partial charge >= 0.3 is 0 Å². The third kappa shape index (κ3) is 6.40. The Kier molecular flexibility index (Phi) is 7.87. The molecular weight excluding hydrogens is 544 g/mol. The molecule has 0 aromatic heterocycles. The van der Waals surface area contributed by atoms with Crippen LogP contribution in [0, 0.1) is 6.92 Å². The highest BCUT2D eigenvalue weighted by Gasteiger charge is 2.33. The fourth-order valence-electron chi connectivity index (χ4n) is 3.84. The van der Waals surface area contributed by atoms with Crippen molar-refractivity contribution in [2.75, 3.05) is 0 Å². The van der Waals surface area contributed by atoms with Gasteiger partial charge in [-0.15, -0.1) is 0 Å². The number of aryl methyl sites for hydroxylation is 1. The van der Waals surface area contributed by atoms with Crippen LogP contribution in [-0.4, -0.2) is 16.0 Å². The lowest BCUT2D eigenvalue weighted by atomic mass is 10.1. The number of aliphatic imine (C=N–C) groups is 1. The molecule has 4 nitrogen and oxygen atoms in total. The molecule has 5 rings (SSSR count). The van der Waals surface area contributed by atoms with Gasteiger partial charge in [-0.2, -0.15) is 0 Å². The molecule has 1 fully saturated rings. The SMILES string of the molecule is Cc1ccc(N=C2S/C(=C\c3ccccc3OCc3ccc(Br)cc3)C(=O)N2Cc2ccccc2)cc1. The maximum absolute atomic E-state index is 13.6. The summed E-state index contributed by atoms with van der Waals surface area (Å²) >= 11 is 4.86. The lowest BCUT2D eigenvalue weighted by Gasteiger charge is -2.15. The van der Waals surface area contributed by atoms with E-state index in [0.29, 0.717) is 23.2 Å². The van der Waals surface area contributed by atoms with Crippen molar-refractivity contribution in [3.8, 4) is 5.75 Å². The molecule has 4 aromatic rings. The Labute approximate surface area is 229 Å². The Bertz CT molecular complexity index is 1450. The number of hydrogen-bond donors (Lipinski definition) is 0. The van der Waals surface area contributed by atoms with Crippen LogP contribution in [0.2, 0.25) is 0 Å². The van der Waals surface area contributed by atoms with Gasteiger partial charge < -0.3 is 4.74 Å². The summed E-state index contributed by atoms with van der Waals surface area (Å²) in [7, 11) is 0. The molecule has 0 atom stereocenters. The van der Waals surface area contributed by atoms with Gasteiger partial charge in [0.25, 0.3) is 5.91 Å². The van der Waals surface area contributed by atoms with Crippen molar-refractivity contribution in [3.05, 3.63) is 135 Å². The Balaban J connectivity index is 1.43. The number of ether oxygens (including phenoxy) is 1. The second-order valence-electron chi connectivity index (χ2n) is 8.67. The molecule has 0 N–H and O–H groups in total. The fraction of sp³-hybridized carbons (Fsp3) is 0.0968. The molecule has 6 heteroatoms. The molecule has 1 saturated heterocycles. The Morgan fingerprint density at radius 3 is 2.32 bits per heavy atom. The smallest absolute Gasteiger partial charge is 0.267 e. The van der Waals surface area contributed by atoms with Crippen LogP contribution in [0.5, 0.6) is 5.75 Å². The number of benzene rings is 4. The van der Waals surface area contributed by atoms with E-state index < -0.39 is 0 Å². The molecule has 37 heavy (non-hydrogen) atoms. The summed E-state index contributed by atoms with van der Waals surface area (Å²) in [6.45, 7) is 2.94. The highest BCUT2D eigenvalue weighted by Crippen LogP contribution is 2.36. The van der Waals surface area contributed by atoms with Crippen LogP contribution in [0.15, 0.2) is 117 Å². The van der Waals surface area contributed by atoms with Crippen molar-refractivity contribution < 1.29 is 9.53 Å². The second kappa shape index (κ2) is 11.6. The molecule has 1 aliphatic heterocycles. The molecule has 0 radical (unpaired) electrons. The van der Waals surface area contributed by atoms with Gasteiger partial charge in [0.15, 0.2) is 5.17 Å². The van der Waals surface area contributed by atoms with Gasteiger partial charge in [-0.05, 0) is 66.2 Å². The van der Waals surface area contributed by atoms with Gasteiger partial charge in [-0.25, -0.2) is 4.99 Å². The number of nitrogens with zero attached hydrogens (tertiary/aromatic N) is 2. The standard InChI is InChI=1S/C31H25BrN2O2S/c1-22-11-17-27(18-12-22)33-31-34(20-23-7-3-2-4-8-23)30(35)29(37-31)19-25-9-5-6-10-28(25)36-21-24-13-15-26(32)16-14-24/h2-19H,20-21H2,1H3/b29-19-,33-31?. The predicted molar refractivity (Wildman–Crippen MR) is 156 cm³/mol. The number of halogens is 1.